The standard InChI is InChI=1S/C12H21ClO4/c1-16-12(17-2)11(15)10(9-14)7-5-3-4-6-8-13/h10-12,14-15H,4,6-9H2,1-2H3. The fourth-order valence-corrected chi connectivity index (χ4v) is 1.47. The molecule has 0 saturated heterocycles. The summed E-state index contributed by atoms with van der Waals surface area (Å²) < 4.78 is 9.88. The average molecular weight is 265 g/mol. The summed E-state index contributed by atoms with van der Waals surface area (Å²) in [7, 11) is 2.88. The van der Waals surface area contributed by atoms with E-state index >= 15 is 0 Å². The summed E-state index contributed by atoms with van der Waals surface area (Å²) >= 11 is 5.52. The van der Waals surface area contributed by atoms with Crippen molar-refractivity contribution in [2.75, 3.05) is 26.7 Å². The van der Waals surface area contributed by atoms with Gasteiger partial charge in [-0.25, -0.2) is 0 Å². The molecule has 2 unspecified atom stereocenters. The van der Waals surface area contributed by atoms with Crippen molar-refractivity contribution in [1.82, 2.24) is 0 Å². The minimum atomic E-state index is -0.891. The van der Waals surface area contributed by atoms with E-state index in [0.717, 1.165) is 12.8 Å². The van der Waals surface area contributed by atoms with Crippen LogP contribution >= 0.6 is 11.6 Å². The highest BCUT2D eigenvalue weighted by molar-refractivity contribution is 6.17. The Bertz CT molecular complexity index is 232. The molecule has 0 aliphatic rings. The first-order valence-electron chi connectivity index (χ1n) is 5.57. The van der Waals surface area contributed by atoms with Crippen LogP contribution in [0.1, 0.15) is 19.3 Å². The van der Waals surface area contributed by atoms with Crippen molar-refractivity contribution in [3.8, 4) is 11.8 Å². The molecule has 0 aliphatic heterocycles. The molecule has 0 aromatic heterocycles. The van der Waals surface area contributed by atoms with E-state index in [2.05, 4.69) is 11.8 Å². The Morgan fingerprint density at radius 3 is 2.35 bits per heavy atom. The molecule has 0 spiro atoms. The van der Waals surface area contributed by atoms with Crippen molar-refractivity contribution in [2.24, 2.45) is 5.92 Å². The zero-order valence-corrected chi connectivity index (χ0v) is 11.1. The Labute approximate surface area is 108 Å². The molecule has 5 heteroatoms. The van der Waals surface area contributed by atoms with E-state index < -0.39 is 12.4 Å². The Hall–Kier alpha value is -0.310. The van der Waals surface area contributed by atoms with Gasteiger partial charge in [-0.05, 0) is 6.42 Å². The molecule has 0 fully saturated rings. The molecular weight excluding hydrogens is 244 g/mol. The number of rotatable bonds is 8. The summed E-state index contributed by atoms with van der Waals surface area (Å²) in [5.74, 6) is 6.08. The van der Waals surface area contributed by atoms with Gasteiger partial charge in [-0.15, -0.1) is 23.4 Å². The highest BCUT2D eigenvalue weighted by Crippen LogP contribution is 2.14. The minimum Gasteiger partial charge on any atom is -0.396 e. The van der Waals surface area contributed by atoms with Crippen LogP contribution in [0.2, 0.25) is 0 Å². The van der Waals surface area contributed by atoms with Gasteiger partial charge in [-0.1, -0.05) is 0 Å². The number of aliphatic hydroxyl groups excluding tert-OH is 2. The maximum absolute atomic E-state index is 9.87. The first-order valence-corrected chi connectivity index (χ1v) is 6.10. The summed E-state index contributed by atoms with van der Waals surface area (Å²) in [6, 6.07) is 0. The molecule has 0 amide bonds. The van der Waals surface area contributed by atoms with Crippen molar-refractivity contribution in [3.63, 3.8) is 0 Å². The largest absolute Gasteiger partial charge is 0.396 e. The lowest BCUT2D eigenvalue weighted by molar-refractivity contribution is -0.181. The van der Waals surface area contributed by atoms with Gasteiger partial charge in [-0.2, -0.15) is 0 Å². The van der Waals surface area contributed by atoms with Gasteiger partial charge in [0.1, 0.15) is 6.10 Å². The normalized spacial score (nSPS) is 14.2. The molecule has 0 radical (unpaired) electrons. The molecule has 0 aromatic rings. The lowest BCUT2D eigenvalue weighted by Crippen LogP contribution is -2.37. The van der Waals surface area contributed by atoms with Gasteiger partial charge in [0.25, 0.3) is 0 Å². The minimum absolute atomic E-state index is 0.158. The number of hydrogen-bond acceptors (Lipinski definition) is 4. The van der Waals surface area contributed by atoms with E-state index in [4.69, 9.17) is 21.1 Å². The predicted octanol–water partition coefficient (Wildman–Crippen LogP) is 0.987. The number of alkyl halides is 1. The number of halogens is 1. The Balaban J connectivity index is 4.15. The summed E-state index contributed by atoms with van der Waals surface area (Å²) in [5, 5.41) is 19.1. The molecule has 2 N–H and O–H groups in total. The highest BCUT2D eigenvalue weighted by atomic mass is 35.5. The molecule has 0 saturated carbocycles. The van der Waals surface area contributed by atoms with Crippen LogP contribution in [0.4, 0.5) is 0 Å². The topological polar surface area (TPSA) is 58.9 Å². The first-order chi connectivity index (χ1) is 8.21. The second-order valence-electron chi connectivity index (χ2n) is 3.62. The maximum Gasteiger partial charge on any atom is 0.183 e. The van der Waals surface area contributed by atoms with Crippen molar-refractivity contribution in [3.05, 3.63) is 0 Å². The third-order valence-electron chi connectivity index (χ3n) is 2.39. The number of ether oxygens (including phenoxy) is 2. The van der Waals surface area contributed by atoms with Crippen LogP contribution in [-0.2, 0) is 9.47 Å². The Morgan fingerprint density at radius 1 is 1.24 bits per heavy atom. The van der Waals surface area contributed by atoms with Crippen LogP contribution in [0.25, 0.3) is 0 Å². The smallest absolute Gasteiger partial charge is 0.183 e. The van der Waals surface area contributed by atoms with Crippen LogP contribution in [0.15, 0.2) is 0 Å². The summed E-state index contributed by atoms with van der Waals surface area (Å²) in [5.41, 5.74) is 0. The number of hydrogen-bond donors (Lipinski definition) is 2. The molecule has 0 heterocycles. The summed E-state index contributed by atoms with van der Waals surface area (Å²) in [4.78, 5) is 0. The van der Waals surface area contributed by atoms with Gasteiger partial charge in [0.2, 0.25) is 0 Å². The molecule has 17 heavy (non-hydrogen) atoms. The Kier molecular flexibility index (Phi) is 10.6. The van der Waals surface area contributed by atoms with Gasteiger partial charge in [0.05, 0.1) is 0 Å². The van der Waals surface area contributed by atoms with Crippen molar-refractivity contribution >= 4 is 11.6 Å². The van der Waals surface area contributed by atoms with Crippen LogP contribution in [0.3, 0.4) is 0 Å². The lowest BCUT2D eigenvalue weighted by Gasteiger charge is -2.25. The second kappa shape index (κ2) is 10.8. The molecule has 0 bridgehead atoms. The zero-order valence-electron chi connectivity index (χ0n) is 10.4. The van der Waals surface area contributed by atoms with Gasteiger partial charge in [0, 0.05) is 45.5 Å². The predicted molar refractivity (Wildman–Crippen MR) is 66.7 cm³/mol. The maximum atomic E-state index is 9.87. The summed E-state index contributed by atoms with van der Waals surface area (Å²) in [6.07, 6.45) is 0.354. The van der Waals surface area contributed by atoms with Gasteiger partial charge in [0.15, 0.2) is 6.29 Å². The number of unbranched alkanes of at least 4 members (excludes halogenated alkanes) is 1. The van der Waals surface area contributed by atoms with Crippen molar-refractivity contribution in [2.45, 2.75) is 31.7 Å². The fourth-order valence-electron chi connectivity index (χ4n) is 1.34. The van der Waals surface area contributed by atoms with Crippen LogP contribution in [0.5, 0.6) is 0 Å². The fraction of sp³-hybridized carbons (Fsp3) is 0.833. The van der Waals surface area contributed by atoms with E-state index in [9.17, 15) is 10.2 Å². The zero-order chi connectivity index (χ0) is 13.1. The quantitative estimate of drug-likeness (QED) is 0.297. The van der Waals surface area contributed by atoms with Gasteiger partial charge >= 0.3 is 0 Å². The molecule has 0 rings (SSSR count). The van der Waals surface area contributed by atoms with E-state index in [1.807, 2.05) is 0 Å². The van der Waals surface area contributed by atoms with Gasteiger partial charge in [-0.3, -0.25) is 0 Å². The van der Waals surface area contributed by atoms with Crippen LogP contribution in [-0.4, -0.2) is 49.3 Å². The average Bonchev–Trinajstić information content (AvgIpc) is 2.35. The molecule has 100 valence electrons. The molecule has 4 nitrogen and oxygen atoms in total. The summed E-state index contributed by atoms with van der Waals surface area (Å²) in [6.45, 7) is -0.158. The number of aliphatic hydroxyl groups is 2. The SMILES string of the molecule is COC(OC)C(O)C(CO)CC#CCCCCl. The van der Waals surface area contributed by atoms with E-state index in [1.54, 1.807) is 0 Å². The second-order valence-corrected chi connectivity index (χ2v) is 4.00. The molecular formula is C12H21ClO4. The third kappa shape index (κ3) is 6.87. The van der Waals surface area contributed by atoms with Crippen LogP contribution in [0, 0.1) is 17.8 Å². The van der Waals surface area contributed by atoms with E-state index in [1.165, 1.54) is 14.2 Å². The highest BCUT2D eigenvalue weighted by Gasteiger charge is 2.26. The lowest BCUT2D eigenvalue weighted by atomic mass is 9.99. The Morgan fingerprint density at radius 2 is 1.88 bits per heavy atom. The molecule has 0 aliphatic carbocycles. The molecule has 2 atom stereocenters. The van der Waals surface area contributed by atoms with E-state index in [0.29, 0.717) is 12.3 Å². The number of methoxy groups -OCH3 is 2. The van der Waals surface area contributed by atoms with E-state index in [-0.39, 0.29) is 12.5 Å². The molecule has 0 aromatic carbocycles. The van der Waals surface area contributed by atoms with Crippen LogP contribution < -0.4 is 0 Å². The third-order valence-corrected chi connectivity index (χ3v) is 2.65. The first kappa shape index (κ1) is 16.7. The van der Waals surface area contributed by atoms with Gasteiger partial charge < -0.3 is 19.7 Å². The monoisotopic (exact) mass is 264 g/mol. The van der Waals surface area contributed by atoms with Crippen molar-refractivity contribution in [1.29, 1.82) is 0 Å². The van der Waals surface area contributed by atoms with Crippen molar-refractivity contribution < 1.29 is 19.7 Å².